The van der Waals surface area contributed by atoms with Gasteiger partial charge in [0, 0.05) is 10.4 Å². The molecule has 0 aliphatic rings. The molecule has 0 aliphatic carbocycles. The van der Waals surface area contributed by atoms with Crippen LogP contribution in [0.1, 0.15) is 0 Å². The van der Waals surface area contributed by atoms with Gasteiger partial charge in [-0.25, -0.2) is 0 Å². The van der Waals surface area contributed by atoms with E-state index in [1.54, 1.807) is 23.9 Å². The van der Waals surface area contributed by atoms with Gasteiger partial charge < -0.3 is 5.11 Å². The highest BCUT2D eigenvalue weighted by Crippen LogP contribution is 2.21. The lowest BCUT2D eigenvalue weighted by molar-refractivity contribution is 0.475. The highest BCUT2D eigenvalue weighted by Gasteiger charge is 1.89. The molecule has 0 aromatic heterocycles. The van der Waals surface area contributed by atoms with Crippen molar-refractivity contribution in [2.24, 2.45) is 0 Å². The maximum atomic E-state index is 8.91. The van der Waals surface area contributed by atoms with E-state index in [4.69, 9.17) is 5.11 Å². The van der Waals surface area contributed by atoms with Gasteiger partial charge in [0.25, 0.3) is 0 Å². The van der Waals surface area contributed by atoms with Crippen LogP contribution in [0, 0.1) is 0 Å². The maximum absolute atomic E-state index is 8.91. The molecule has 1 aromatic rings. The monoisotopic (exact) mass is 172 g/mol. The zero-order valence-electron chi connectivity index (χ0n) is 5.45. The quantitative estimate of drug-likeness (QED) is 0.545. The molecule has 0 radical (unpaired) electrons. The Labute approximate surface area is 67.0 Å². The molecule has 1 nitrogen and oxygen atoms in total. The Morgan fingerprint density at radius 2 is 1.90 bits per heavy atom. The summed E-state index contributed by atoms with van der Waals surface area (Å²) in [5.74, 6) is 0.327. The van der Waals surface area contributed by atoms with Crippen molar-refractivity contribution in [1.82, 2.24) is 0 Å². The van der Waals surface area contributed by atoms with E-state index in [1.165, 1.54) is 4.90 Å². The molecule has 3 heteroatoms. The van der Waals surface area contributed by atoms with E-state index in [0.717, 1.165) is 5.49 Å². The van der Waals surface area contributed by atoms with Crippen molar-refractivity contribution >= 4 is 21.0 Å². The highest BCUT2D eigenvalue weighted by molar-refractivity contribution is 8.02. The number of thioether (sulfide) groups is 1. The van der Waals surface area contributed by atoms with Crippen molar-refractivity contribution in [3.8, 4) is 5.75 Å². The first-order valence-corrected chi connectivity index (χ1v) is 4.75. The number of hydrogen-bond acceptors (Lipinski definition) is 2. The first-order valence-electron chi connectivity index (χ1n) is 2.95. The van der Waals surface area contributed by atoms with Gasteiger partial charge in [-0.1, -0.05) is 0 Å². The standard InChI is InChI=1S/C7H9OPS/c8-6-1-3-7(4-2-6)10-5-9/h1-4,8H,5,9H2. The first kappa shape index (κ1) is 7.90. The van der Waals surface area contributed by atoms with Gasteiger partial charge in [-0.05, 0) is 24.3 Å². The molecular formula is C7H9OPS. The second-order valence-corrected chi connectivity index (χ2v) is 3.90. The molecule has 1 rings (SSSR count). The van der Waals surface area contributed by atoms with Gasteiger partial charge >= 0.3 is 0 Å². The van der Waals surface area contributed by atoms with Gasteiger partial charge in [0.2, 0.25) is 0 Å². The predicted octanol–water partition coefficient (Wildman–Crippen LogP) is 2.32. The van der Waals surface area contributed by atoms with Crippen LogP contribution in [0.4, 0.5) is 0 Å². The van der Waals surface area contributed by atoms with Crippen LogP contribution in [0.2, 0.25) is 0 Å². The minimum atomic E-state index is 0.327. The van der Waals surface area contributed by atoms with Gasteiger partial charge in [0.1, 0.15) is 5.75 Å². The summed E-state index contributed by atoms with van der Waals surface area (Å²) in [6.07, 6.45) is 0. The SMILES string of the molecule is Oc1ccc(SCP)cc1. The number of benzene rings is 1. The van der Waals surface area contributed by atoms with Crippen LogP contribution >= 0.6 is 21.0 Å². The molecule has 0 aliphatic heterocycles. The smallest absolute Gasteiger partial charge is 0.115 e. The summed E-state index contributed by atoms with van der Waals surface area (Å²) >= 11 is 1.74. The van der Waals surface area contributed by atoms with Crippen LogP contribution in [0.25, 0.3) is 0 Å². The van der Waals surface area contributed by atoms with Crippen molar-refractivity contribution in [2.45, 2.75) is 4.90 Å². The Kier molecular flexibility index (Phi) is 3.04. The minimum Gasteiger partial charge on any atom is -0.508 e. The average molecular weight is 172 g/mol. The third-order valence-electron chi connectivity index (χ3n) is 1.09. The van der Waals surface area contributed by atoms with E-state index in [9.17, 15) is 0 Å². The number of phenols is 1. The Balaban J connectivity index is 2.69. The lowest BCUT2D eigenvalue weighted by Crippen LogP contribution is -1.68. The van der Waals surface area contributed by atoms with Gasteiger partial charge in [0.05, 0.1) is 0 Å². The molecule has 10 heavy (non-hydrogen) atoms. The lowest BCUT2D eigenvalue weighted by atomic mass is 10.3. The summed E-state index contributed by atoms with van der Waals surface area (Å²) in [7, 11) is 2.64. The van der Waals surface area contributed by atoms with E-state index in [1.807, 2.05) is 12.1 Å². The fraction of sp³-hybridized carbons (Fsp3) is 0.143. The number of phenolic OH excluding ortho intramolecular Hbond substituents is 1. The third kappa shape index (κ3) is 2.20. The molecule has 54 valence electrons. The van der Waals surface area contributed by atoms with Gasteiger partial charge in [-0.15, -0.1) is 21.0 Å². The molecule has 0 amide bonds. The van der Waals surface area contributed by atoms with Crippen molar-refractivity contribution < 1.29 is 5.11 Å². The zero-order chi connectivity index (χ0) is 7.40. The van der Waals surface area contributed by atoms with Crippen molar-refractivity contribution in [3.63, 3.8) is 0 Å². The third-order valence-corrected chi connectivity index (χ3v) is 2.36. The van der Waals surface area contributed by atoms with Crippen LogP contribution < -0.4 is 0 Å². The van der Waals surface area contributed by atoms with Gasteiger partial charge in [0.15, 0.2) is 0 Å². The summed E-state index contributed by atoms with van der Waals surface area (Å²) in [6.45, 7) is 0. The van der Waals surface area contributed by atoms with E-state index in [-0.39, 0.29) is 0 Å². The first-order chi connectivity index (χ1) is 4.83. The Morgan fingerprint density at radius 1 is 1.30 bits per heavy atom. The maximum Gasteiger partial charge on any atom is 0.115 e. The largest absolute Gasteiger partial charge is 0.508 e. The van der Waals surface area contributed by atoms with E-state index >= 15 is 0 Å². The van der Waals surface area contributed by atoms with E-state index < -0.39 is 0 Å². The van der Waals surface area contributed by atoms with Crippen LogP contribution in [0.3, 0.4) is 0 Å². The Hall–Kier alpha value is -0.200. The predicted molar refractivity (Wildman–Crippen MR) is 48.5 cm³/mol. The lowest BCUT2D eigenvalue weighted by Gasteiger charge is -1.96. The summed E-state index contributed by atoms with van der Waals surface area (Å²) in [5, 5.41) is 8.91. The van der Waals surface area contributed by atoms with E-state index in [0.29, 0.717) is 5.75 Å². The highest BCUT2D eigenvalue weighted by atomic mass is 32.2. The molecule has 0 saturated carbocycles. The van der Waals surface area contributed by atoms with Crippen molar-refractivity contribution in [2.75, 3.05) is 5.49 Å². The Morgan fingerprint density at radius 3 is 2.40 bits per heavy atom. The molecule has 0 spiro atoms. The second kappa shape index (κ2) is 3.85. The molecule has 1 atom stereocenters. The fourth-order valence-corrected chi connectivity index (χ4v) is 1.74. The van der Waals surface area contributed by atoms with Gasteiger partial charge in [-0.3, -0.25) is 0 Å². The summed E-state index contributed by atoms with van der Waals surface area (Å²) in [5.41, 5.74) is 0.991. The number of hydrogen-bond donors (Lipinski definition) is 1. The van der Waals surface area contributed by atoms with E-state index in [2.05, 4.69) is 9.24 Å². The molecular weight excluding hydrogens is 163 g/mol. The molecule has 0 heterocycles. The number of aromatic hydroxyl groups is 1. The van der Waals surface area contributed by atoms with Crippen molar-refractivity contribution in [3.05, 3.63) is 24.3 Å². The van der Waals surface area contributed by atoms with Crippen LogP contribution in [-0.2, 0) is 0 Å². The normalized spacial score (nSPS) is 9.70. The van der Waals surface area contributed by atoms with Crippen molar-refractivity contribution in [1.29, 1.82) is 0 Å². The summed E-state index contributed by atoms with van der Waals surface area (Å²) in [6, 6.07) is 7.21. The van der Waals surface area contributed by atoms with Crippen LogP contribution in [0.15, 0.2) is 29.2 Å². The molecule has 1 N–H and O–H groups in total. The average Bonchev–Trinajstić information content (AvgIpc) is 1.95. The molecule has 0 bridgehead atoms. The molecule has 0 saturated heterocycles. The van der Waals surface area contributed by atoms with Gasteiger partial charge in [-0.2, -0.15) is 0 Å². The second-order valence-electron chi connectivity index (χ2n) is 1.80. The molecule has 1 unspecified atom stereocenters. The van der Waals surface area contributed by atoms with Crippen LogP contribution in [-0.4, -0.2) is 10.6 Å². The Bertz CT molecular complexity index is 197. The topological polar surface area (TPSA) is 20.2 Å². The summed E-state index contributed by atoms with van der Waals surface area (Å²) in [4.78, 5) is 1.19. The fourth-order valence-electron chi connectivity index (χ4n) is 0.639. The number of rotatable bonds is 2. The molecule has 1 aromatic carbocycles. The zero-order valence-corrected chi connectivity index (χ0v) is 7.42. The summed E-state index contributed by atoms with van der Waals surface area (Å²) < 4.78 is 0. The minimum absolute atomic E-state index is 0.327. The molecule has 0 fully saturated rings. The van der Waals surface area contributed by atoms with Crippen LogP contribution in [0.5, 0.6) is 5.75 Å².